The van der Waals surface area contributed by atoms with Crippen LogP contribution in [0.2, 0.25) is 0 Å². The number of hydrogen-bond donors (Lipinski definition) is 4. The van der Waals surface area contributed by atoms with Crippen LogP contribution < -0.4 is 0 Å². The van der Waals surface area contributed by atoms with Crippen LogP contribution in [0.3, 0.4) is 0 Å². The van der Waals surface area contributed by atoms with Gasteiger partial charge in [-0.2, -0.15) is 0 Å². The number of aliphatic hydroxyl groups is 2. The molecule has 0 heterocycles. The minimum atomic E-state index is -4.80. The SMILES string of the molecule is CC/C=C\C[C@@H](O)/C=C/C=C\C/C=C\C=C\[C@@H](O)/C=C\CCCC(=O)OC[C@H](COP(=O)(O)O)OC(=O)CCCCCCCCCCCCCCCCCCC. The summed E-state index contributed by atoms with van der Waals surface area (Å²) in [6.07, 6.45) is 44.1. The van der Waals surface area contributed by atoms with Gasteiger partial charge < -0.3 is 29.5 Å². The van der Waals surface area contributed by atoms with E-state index in [1.165, 1.54) is 83.5 Å². The Morgan fingerprint density at radius 1 is 0.589 bits per heavy atom. The van der Waals surface area contributed by atoms with Crippen LogP contribution >= 0.6 is 7.82 Å². The zero-order valence-electron chi connectivity index (χ0n) is 34.7. The molecule has 0 amide bonds. The van der Waals surface area contributed by atoms with E-state index >= 15 is 0 Å². The molecule has 0 bridgehead atoms. The molecule has 4 N–H and O–H groups in total. The first-order valence-corrected chi connectivity index (χ1v) is 23.0. The molecule has 0 aromatic carbocycles. The van der Waals surface area contributed by atoms with Gasteiger partial charge in [-0.1, -0.05) is 189 Å². The number of hydrogen-bond acceptors (Lipinski definition) is 8. The molecule has 0 radical (unpaired) electrons. The smallest absolute Gasteiger partial charge is 0.462 e. The second kappa shape index (κ2) is 39.2. The van der Waals surface area contributed by atoms with Crippen molar-refractivity contribution in [2.75, 3.05) is 13.2 Å². The van der Waals surface area contributed by atoms with Crippen LogP contribution in [0.5, 0.6) is 0 Å². The lowest BCUT2D eigenvalue weighted by Gasteiger charge is -2.18. The molecule has 3 atom stereocenters. The number of ether oxygens (including phenoxy) is 2. The number of carbonyl (C=O) groups is 2. The molecule has 0 unspecified atom stereocenters. The Kier molecular flexibility index (Phi) is 37.4. The molecule has 10 nitrogen and oxygen atoms in total. The van der Waals surface area contributed by atoms with Gasteiger partial charge in [0.2, 0.25) is 0 Å². The van der Waals surface area contributed by atoms with Gasteiger partial charge in [-0.25, -0.2) is 4.57 Å². The van der Waals surface area contributed by atoms with Gasteiger partial charge in [0.25, 0.3) is 0 Å². The van der Waals surface area contributed by atoms with Gasteiger partial charge in [-0.3, -0.25) is 14.1 Å². The van der Waals surface area contributed by atoms with E-state index in [4.69, 9.17) is 19.3 Å². The van der Waals surface area contributed by atoms with E-state index in [1.807, 2.05) is 42.5 Å². The van der Waals surface area contributed by atoms with Crippen molar-refractivity contribution in [1.29, 1.82) is 0 Å². The maximum Gasteiger partial charge on any atom is 0.469 e. The summed E-state index contributed by atoms with van der Waals surface area (Å²) in [5, 5.41) is 19.9. The van der Waals surface area contributed by atoms with Gasteiger partial charge in [-0.15, -0.1) is 0 Å². The summed E-state index contributed by atoms with van der Waals surface area (Å²) in [7, 11) is -4.80. The van der Waals surface area contributed by atoms with E-state index in [0.29, 0.717) is 32.1 Å². The molecule has 0 aromatic rings. The number of aliphatic hydroxyl groups excluding tert-OH is 2. The standard InChI is InChI=1S/C45H77O10P/c1-3-5-7-8-9-10-11-12-13-14-15-16-17-18-22-25-31-38-45(49)55-43(40-54-56(50,51)52)39-53-44(48)37-32-26-30-36-42(47)35-29-24-21-19-20-23-28-34-41(46)33-27-6-4-2/h6,20-21,23-24,27-30,34-36,41-43,46-47H,3-5,7-19,22,25-26,31-33,37-40H2,1-2H3,(H2,50,51,52)/b23-20-,24-21-,27-6-,34-28+,35-29+,36-30-/t41-,42-,43-/m1/s1. The fourth-order valence-electron chi connectivity index (χ4n) is 5.70. The Morgan fingerprint density at radius 3 is 1.68 bits per heavy atom. The molecule has 0 aliphatic carbocycles. The van der Waals surface area contributed by atoms with E-state index < -0.39 is 44.7 Å². The lowest BCUT2D eigenvalue weighted by atomic mass is 10.0. The van der Waals surface area contributed by atoms with Crippen LogP contribution in [0, 0.1) is 0 Å². The number of phosphoric ester groups is 1. The van der Waals surface area contributed by atoms with Crippen LogP contribution in [-0.2, 0) is 28.2 Å². The molecule has 56 heavy (non-hydrogen) atoms. The average molecular weight is 809 g/mol. The first-order valence-electron chi connectivity index (χ1n) is 21.5. The molecule has 322 valence electrons. The van der Waals surface area contributed by atoms with Crippen molar-refractivity contribution in [3.05, 3.63) is 72.9 Å². The van der Waals surface area contributed by atoms with Crippen LogP contribution in [0.25, 0.3) is 0 Å². The molecule has 0 saturated carbocycles. The Balaban J connectivity index is 4.16. The summed E-state index contributed by atoms with van der Waals surface area (Å²) >= 11 is 0. The van der Waals surface area contributed by atoms with Crippen LogP contribution in [0.1, 0.15) is 168 Å². The minimum absolute atomic E-state index is 0.0792. The predicted octanol–water partition coefficient (Wildman–Crippen LogP) is 11.0. The molecular weight excluding hydrogens is 731 g/mol. The van der Waals surface area contributed by atoms with Gasteiger partial charge in [-0.05, 0) is 38.5 Å². The summed E-state index contributed by atoms with van der Waals surface area (Å²) < 4.78 is 26.3. The maximum absolute atomic E-state index is 12.4. The first kappa shape index (κ1) is 53.4. The fourth-order valence-corrected chi connectivity index (χ4v) is 6.06. The van der Waals surface area contributed by atoms with E-state index in [0.717, 1.165) is 25.7 Å². The molecule has 11 heteroatoms. The number of esters is 2. The lowest BCUT2D eigenvalue weighted by Crippen LogP contribution is -2.29. The second-order valence-corrected chi connectivity index (χ2v) is 15.6. The summed E-state index contributed by atoms with van der Waals surface area (Å²) in [6.45, 7) is 3.34. The number of phosphoric acid groups is 1. The first-order chi connectivity index (χ1) is 27.1. The van der Waals surface area contributed by atoms with Gasteiger partial charge in [0.15, 0.2) is 6.10 Å². The minimum Gasteiger partial charge on any atom is -0.462 e. The summed E-state index contributed by atoms with van der Waals surface area (Å²) in [5.41, 5.74) is 0. The van der Waals surface area contributed by atoms with Crippen molar-refractivity contribution in [2.24, 2.45) is 0 Å². The van der Waals surface area contributed by atoms with Crippen molar-refractivity contribution >= 4 is 19.8 Å². The molecular formula is C45H77O10P. The fraction of sp³-hybridized carbons (Fsp3) is 0.689. The van der Waals surface area contributed by atoms with Crippen LogP contribution in [-0.4, -0.2) is 63.5 Å². The van der Waals surface area contributed by atoms with E-state index in [1.54, 1.807) is 30.4 Å². The van der Waals surface area contributed by atoms with Gasteiger partial charge in [0.1, 0.15) is 6.61 Å². The summed E-state index contributed by atoms with van der Waals surface area (Å²) in [6, 6.07) is 0. The van der Waals surface area contributed by atoms with Crippen LogP contribution in [0.15, 0.2) is 72.9 Å². The molecule has 0 spiro atoms. The molecule has 0 fully saturated rings. The molecule has 0 aliphatic heterocycles. The van der Waals surface area contributed by atoms with Gasteiger partial charge in [0, 0.05) is 12.8 Å². The highest BCUT2D eigenvalue weighted by Crippen LogP contribution is 2.36. The quantitative estimate of drug-likeness (QED) is 0.0155. The summed E-state index contributed by atoms with van der Waals surface area (Å²) in [5.74, 6) is -1.07. The third-order valence-electron chi connectivity index (χ3n) is 8.91. The van der Waals surface area contributed by atoms with Crippen molar-refractivity contribution in [3.8, 4) is 0 Å². The molecule has 0 aromatic heterocycles. The molecule has 0 rings (SSSR count). The number of unbranched alkanes of at least 4 members (excludes halogenated alkanes) is 17. The van der Waals surface area contributed by atoms with Crippen molar-refractivity contribution in [1.82, 2.24) is 0 Å². The Labute approximate surface area is 339 Å². The van der Waals surface area contributed by atoms with Crippen molar-refractivity contribution in [2.45, 2.75) is 186 Å². The van der Waals surface area contributed by atoms with Gasteiger partial charge >= 0.3 is 19.8 Å². The predicted molar refractivity (Wildman–Crippen MR) is 228 cm³/mol. The van der Waals surface area contributed by atoms with Gasteiger partial charge in [0.05, 0.1) is 18.8 Å². The van der Waals surface area contributed by atoms with E-state index in [2.05, 4.69) is 18.4 Å². The van der Waals surface area contributed by atoms with Crippen LogP contribution in [0.4, 0.5) is 0 Å². The van der Waals surface area contributed by atoms with Crippen molar-refractivity contribution < 1.29 is 48.2 Å². The zero-order chi connectivity index (χ0) is 41.4. The zero-order valence-corrected chi connectivity index (χ0v) is 35.6. The topological polar surface area (TPSA) is 160 Å². The highest BCUT2D eigenvalue weighted by Gasteiger charge is 2.22. The largest absolute Gasteiger partial charge is 0.469 e. The number of allylic oxidation sites excluding steroid dienone is 8. The van der Waals surface area contributed by atoms with E-state index in [-0.39, 0.29) is 19.4 Å². The second-order valence-electron chi connectivity index (χ2n) is 14.3. The lowest BCUT2D eigenvalue weighted by molar-refractivity contribution is -0.161. The van der Waals surface area contributed by atoms with E-state index in [9.17, 15) is 24.4 Å². The average Bonchev–Trinajstić information content (AvgIpc) is 3.16. The maximum atomic E-state index is 12.4. The third-order valence-corrected chi connectivity index (χ3v) is 9.40. The monoisotopic (exact) mass is 809 g/mol. The highest BCUT2D eigenvalue weighted by atomic mass is 31.2. The molecule has 0 saturated heterocycles. The Morgan fingerprint density at radius 2 is 1.12 bits per heavy atom. The Bertz CT molecular complexity index is 1170. The third kappa shape index (κ3) is 41.1. The normalized spacial score (nSPS) is 14.3. The molecule has 0 aliphatic rings. The highest BCUT2D eigenvalue weighted by molar-refractivity contribution is 7.46. The van der Waals surface area contributed by atoms with Crippen molar-refractivity contribution in [3.63, 3.8) is 0 Å². The number of rotatable bonds is 38. The Hall–Kier alpha value is -2.59. The summed E-state index contributed by atoms with van der Waals surface area (Å²) in [4.78, 5) is 42.9. The number of carbonyl (C=O) groups excluding carboxylic acids is 2.